The van der Waals surface area contributed by atoms with Crippen LogP contribution in [0.15, 0.2) is 28.7 Å². The lowest BCUT2D eigenvalue weighted by Gasteiger charge is -2.41. The van der Waals surface area contributed by atoms with E-state index in [0.717, 1.165) is 0 Å². The van der Waals surface area contributed by atoms with Gasteiger partial charge >= 0.3 is 0 Å². The number of hydrogen-bond acceptors (Lipinski definition) is 1. The van der Waals surface area contributed by atoms with Crippen LogP contribution in [-0.2, 0) is 0 Å². The Morgan fingerprint density at radius 3 is 2.47 bits per heavy atom. The summed E-state index contributed by atoms with van der Waals surface area (Å²) < 4.78 is 1.17. The minimum Gasteiger partial charge on any atom is -0.366 e. The van der Waals surface area contributed by atoms with Gasteiger partial charge in [0.25, 0.3) is 0 Å². The lowest BCUT2D eigenvalue weighted by atomic mass is 9.97. The van der Waals surface area contributed by atoms with E-state index in [1.807, 2.05) is 0 Å². The standard InChI is InChI=1S/C13H18BrN/c1-10-5-3-6-11(2)15(10)13-8-4-7-12(14)9-13/h4,7-11H,3,5-6H2,1-2H3. The zero-order valence-corrected chi connectivity index (χ0v) is 11.0. The molecule has 1 fully saturated rings. The number of halogens is 1. The van der Waals surface area contributed by atoms with Crippen LogP contribution in [0.4, 0.5) is 5.69 Å². The van der Waals surface area contributed by atoms with E-state index in [2.05, 4.69) is 58.9 Å². The van der Waals surface area contributed by atoms with E-state index in [4.69, 9.17) is 0 Å². The first-order valence-electron chi connectivity index (χ1n) is 5.72. The monoisotopic (exact) mass is 267 g/mol. The van der Waals surface area contributed by atoms with Gasteiger partial charge < -0.3 is 4.90 Å². The molecule has 1 saturated heterocycles. The number of piperidine rings is 1. The van der Waals surface area contributed by atoms with Crippen LogP contribution < -0.4 is 4.90 Å². The second-order valence-electron chi connectivity index (χ2n) is 4.52. The van der Waals surface area contributed by atoms with Crippen LogP contribution in [0.25, 0.3) is 0 Å². The third kappa shape index (κ3) is 2.36. The summed E-state index contributed by atoms with van der Waals surface area (Å²) in [5.41, 5.74) is 1.35. The zero-order chi connectivity index (χ0) is 10.8. The van der Waals surface area contributed by atoms with Crippen LogP contribution in [0, 0.1) is 0 Å². The fraction of sp³-hybridized carbons (Fsp3) is 0.538. The summed E-state index contributed by atoms with van der Waals surface area (Å²) in [4.78, 5) is 2.55. The second kappa shape index (κ2) is 4.56. The molecule has 2 atom stereocenters. The van der Waals surface area contributed by atoms with E-state index >= 15 is 0 Å². The first-order chi connectivity index (χ1) is 7.18. The van der Waals surface area contributed by atoms with E-state index < -0.39 is 0 Å². The van der Waals surface area contributed by atoms with Crippen molar-refractivity contribution in [2.24, 2.45) is 0 Å². The van der Waals surface area contributed by atoms with Crippen molar-refractivity contribution >= 4 is 21.6 Å². The third-order valence-corrected chi connectivity index (χ3v) is 3.79. The number of anilines is 1. The van der Waals surface area contributed by atoms with Crippen molar-refractivity contribution in [2.75, 3.05) is 4.90 Å². The Hall–Kier alpha value is -0.500. The third-order valence-electron chi connectivity index (χ3n) is 3.30. The van der Waals surface area contributed by atoms with Gasteiger partial charge in [0.15, 0.2) is 0 Å². The Morgan fingerprint density at radius 1 is 1.20 bits per heavy atom. The molecule has 1 aliphatic heterocycles. The highest BCUT2D eigenvalue weighted by Crippen LogP contribution is 2.30. The van der Waals surface area contributed by atoms with E-state index in [1.54, 1.807) is 0 Å². The molecular formula is C13H18BrN. The Balaban J connectivity index is 2.27. The maximum atomic E-state index is 3.54. The predicted molar refractivity (Wildman–Crippen MR) is 69.4 cm³/mol. The Kier molecular flexibility index (Phi) is 3.35. The summed E-state index contributed by atoms with van der Waals surface area (Å²) >= 11 is 3.54. The van der Waals surface area contributed by atoms with Crippen LogP contribution in [0.3, 0.4) is 0 Å². The van der Waals surface area contributed by atoms with E-state index in [-0.39, 0.29) is 0 Å². The summed E-state index contributed by atoms with van der Waals surface area (Å²) in [6.45, 7) is 4.66. The molecule has 0 saturated carbocycles. The molecule has 0 aromatic heterocycles. The normalized spacial score (nSPS) is 26.7. The molecule has 1 aromatic carbocycles. The van der Waals surface area contributed by atoms with Crippen LogP contribution >= 0.6 is 15.9 Å². The smallest absolute Gasteiger partial charge is 0.0382 e. The number of benzene rings is 1. The van der Waals surface area contributed by atoms with Gasteiger partial charge in [0.05, 0.1) is 0 Å². The van der Waals surface area contributed by atoms with Crippen molar-refractivity contribution in [1.29, 1.82) is 0 Å². The van der Waals surface area contributed by atoms with Crippen molar-refractivity contribution < 1.29 is 0 Å². The number of hydrogen-bond donors (Lipinski definition) is 0. The van der Waals surface area contributed by atoms with Gasteiger partial charge in [-0.15, -0.1) is 0 Å². The topological polar surface area (TPSA) is 3.24 Å². The minimum absolute atomic E-state index is 0.669. The van der Waals surface area contributed by atoms with Crippen LogP contribution in [0.5, 0.6) is 0 Å². The van der Waals surface area contributed by atoms with Crippen molar-refractivity contribution in [1.82, 2.24) is 0 Å². The second-order valence-corrected chi connectivity index (χ2v) is 5.43. The SMILES string of the molecule is CC1CCCC(C)N1c1cccc(Br)c1. The van der Waals surface area contributed by atoms with Crippen molar-refractivity contribution in [3.8, 4) is 0 Å². The molecule has 0 bridgehead atoms. The first-order valence-corrected chi connectivity index (χ1v) is 6.51. The minimum atomic E-state index is 0.669. The number of rotatable bonds is 1. The van der Waals surface area contributed by atoms with E-state index in [9.17, 15) is 0 Å². The molecule has 1 heterocycles. The molecular weight excluding hydrogens is 250 g/mol. The number of nitrogens with zero attached hydrogens (tertiary/aromatic N) is 1. The van der Waals surface area contributed by atoms with Gasteiger partial charge in [-0.25, -0.2) is 0 Å². The Morgan fingerprint density at radius 2 is 1.87 bits per heavy atom. The van der Waals surface area contributed by atoms with E-state index in [1.165, 1.54) is 29.4 Å². The van der Waals surface area contributed by atoms with Gasteiger partial charge in [-0.2, -0.15) is 0 Å². The molecule has 0 radical (unpaired) electrons. The van der Waals surface area contributed by atoms with Gasteiger partial charge in [-0.3, -0.25) is 0 Å². The highest BCUT2D eigenvalue weighted by Gasteiger charge is 2.24. The molecule has 15 heavy (non-hydrogen) atoms. The van der Waals surface area contributed by atoms with Crippen molar-refractivity contribution in [3.05, 3.63) is 28.7 Å². The van der Waals surface area contributed by atoms with Crippen LogP contribution in [0.1, 0.15) is 33.1 Å². The summed E-state index contributed by atoms with van der Waals surface area (Å²) in [5, 5.41) is 0. The zero-order valence-electron chi connectivity index (χ0n) is 9.41. The molecule has 0 N–H and O–H groups in total. The molecule has 0 spiro atoms. The quantitative estimate of drug-likeness (QED) is 0.737. The Labute approximate surface area is 101 Å². The summed E-state index contributed by atoms with van der Waals surface area (Å²) in [6, 6.07) is 9.98. The average molecular weight is 268 g/mol. The summed E-state index contributed by atoms with van der Waals surface area (Å²) in [7, 11) is 0. The maximum absolute atomic E-state index is 3.54. The van der Waals surface area contributed by atoms with Gasteiger partial charge in [0.2, 0.25) is 0 Å². The van der Waals surface area contributed by atoms with Gasteiger partial charge in [0.1, 0.15) is 0 Å². The van der Waals surface area contributed by atoms with Crippen molar-refractivity contribution in [2.45, 2.75) is 45.2 Å². The largest absolute Gasteiger partial charge is 0.366 e. The van der Waals surface area contributed by atoms with Crippen LogP contribution in [-0.4, -0.2) is 12.1 Å². The van der Waals surface area contributed by atoms with Gasteiger partial charge in [-0.1, -0.05) is 22.0 Å². The lowest BCUT2D eigenvalue weighted by Crippen LogP contribution is -2.43. The molecule has 2 unspecified atom stereocenters. The van der Waals surface area contributed by atoms with Gasteiger partial charge in [-0.05, 0) is 51.3 Å². The Bertz CT molecular complexity index is 327. The maximum Gasteiger partial charge on any atom is 0.0382 e. The lowest BCUT2D eigenvalue weighted by molar-refractivity contribution is 0.414. The fourth-order valence-corrected chi connectivity index (χ4v) is 2.95. The predicted octanol–water partition coefficient (Wildman–Crippen LogP) is 4.22. The highest BCUT2D eigenvalue weighted by molar-refractivity contribution is 9.10. The molecule has 2 heteroatoms. The average Bonchev–Trinajstić information content (AvgIpc) is 2.17. The molecule has 82 valence electrons. The summed E-state index contributed by atoms with van der Waals surface area (Å²) in [5.74, 6) is 0. The molecule has 0 amide bonds. The molecule has 0 aliphatic carbocycles. The highest BCUT2D eigenvalue weighted by atomic mass is 79.9. The molecule has 1 aliphatic rings. The van der Waals surface area contributed by atoms with Crippen molar-refractivity contribution in [3.63, 3.8) is 0 Å². The summed E-state index contributed by atoms with van der Waals surface area (Å²) in [6.07, 6.45) is 4.00. The molecule has 2 rings (SSSR count). The van der Waals surface area contributed by atoms with Gasteiger partial charge in [0, 0.05) is 22.2 Å². The molecule has 1 nitrogen and oxygen atoms in total. The molecule has 1 aromatic rings. The van der Waals surface area contributed by atoms with Crippen LogP contribution in [0.2, 0.25) is 0 Å². The fourth-order valence-electron chi connectivity index (χ4n) is 2.57. The van der Waals surface area contributed by atoms with E-state index in [0.29, 0.717) is 12.1 Å². The first kappa shape index (κ1) is 11.0.